The van der Waals surface area contributed by atoms with Crippen molar-refractivity contribution in [3.63, 3.8) is 0 Å². The SMILES string of the molecule is CCC(c1ccc(OC)cc1)C(CC)c1ccc(OC)c(CCCN)c1. The van der Waals surface area contributed by atoms with E-state index in [2.05, 4.69) is 56.3 Å². The van der Waals surface area contributed by atoms with Gasteiger partial charge < -0.3 is 15.2 Å². The summed E-state index contributed by atoms with van der Waals surface area (Å²) < 4.78 is 10.9. The minimum absolute atomic E-state index is 0.482. The Morgan fingerprint density at radius 3 is 2.00 bits per heavy atom. The zero-order valence-corrected chi connectivity index (χ0v) is 16.6. The van der Waals surface area contributed by atoms with Crippen molar-refractivity contribution >= 4 is 0 Å². The van der Waals surface area contributed by atoms with E-state index in [1.807, 2.05) is 0 Å². The van der Waals surface area contributed by atoms with Gasteiger partial charge in [0.05, 0.1) is 14.2 Å². The number of ether oxygens (including phenoxy) is 2. The molecule has 3 nitrogen and oxygen atoms in total. The van der Waals surface area contributed by atoms with E-state index >= 15 is 0 Å². The molecule has 2 rings (SSSR count). The average Bonchev–Trinajstić information content (AvgIpc) is 2.70. The van der Waals surface area contributed by atoms with Crippen LogP contribution in [0.3, 0.4) is 0 Å². The summed E-state index contributed by atoms with van der Waals surface area (Å²) in [6, 6.07) is 15.2. The van der Waals surface area contributed by atoms with Crippen molar-refractivity contribution in [3.05, 3.63) is 59.2 Å². The van der Waals surface area contributed by atoms with Gasteiger partial charge in [0.1, 0.15) is 11.5 Å². The van der Waals surface area contributed by atoms with Crippen LogP contribution >= 0.6 is 0 Å². The highest BCUT2D eigenvalue weighted by molar-refractivity contribution is 5.40. The fourth-order valence-electron chi connectivity index (χ4n) is 3.87. The minimum atomic E-state index is 0.482. The van der Waals surface area contributed by atoms with Crippen LogP contribution in [0.2, 0.25) is 0 Å². The summed E-state index contributed by atoms with van der Waals surface area (Å²) in [5.74, 6) is 2.84. The molecule has 0 aliphatic carbocycles. The summed E-state index contributed by atoms with van der Waals surface area (Å²) in [4.78, 5) is 0. The third kappa shape index (κ3) is 4.79. The van der Waals surface area contributed by atoms with Crippen molar-refractivity contribution in [2.45, 2.75) is 51.4 Å². The fraction of sp³-hybridized carbons (Fsp3) is 0.478. The van der Waals surface area contributed by atoms with Crippen molar-refractivity contribution in [2.75, 3.05) is 20.8 Å². The quantitative estimate of drug-likeness (QED) is 0.630. The Balaban J connectivity index is 2.34. The number of hydrogen-bond donors (Lipinski definition) is 1. The average molecular weight is 356 g/mol. The molecule has 142 valence electrons. The van der Waals surface area contributed by atoms with Gasteiger partial charge in [0.2, 0.25) is 0 Å². The molecule has 0 aliphatic heterocycles. The molecule has 0 saturated heterocycles. The molecule has 0 saturated carbocycles. The van der Waals surface area contributed by atoms with Gasteiger partial charge >= 0.3 is 0 Å². The summed E-state index contributed by atoms with van der Waals surface area (Å²) >= 11 is 0. The van der Waals surface area contributed by atoms with Gasteiger partial charge in [-0.1, -0.05) is 38.1 Å². The van der Waals surface area contributed by atoms with Crippen molar-refractivity contribution < 1.29 is 9.47 Å². The van der Waals surface area contributed by atoms with Crippen molar-refractivity contribution in [3.8, 4) is 11.5 Å². The second-order valence-electron chi connectivity index (χ2n) is 6.77. The molecule has 2 unspecified atom stereocenters. The van der Waals surface area contributed by atoms with E-state index in [-0.39, 0.29) is 0 Å². The van der Waals surface area contributed by atoms with Crippen molar-refractivity contribution in [1.29, 1.82) is 0 Å². The Kier molecular flexibility index (Phi) is 7.99. The van der Waals surface area contributed by atoms with E-state index in [0.717, 1.165) is 37.2 Å². The molecule has 2 N–H and O–H groups in total. The first-order valence-electron chi connectivity index (χ1n) is 9.69. The van der Waals surface area contributed by atoms with Gasteiger partial charge in [-0.25, -0.2) is 0 Å². The van der Waals surface area contributed by atoms with Crippen LogP contribution in [0.1, 0.15) is 61.6 Å². The first kappa shape index (κ1) is 20.3. The second-order valence-corrected chi connectivity index (χ2v) is 6.77. The molecule has 2 aromatic carbocycles. The molecule has 26 heavy (non-hydrogen) atoms. The number of nitrogens with two attached hydrogens (primary N) is 1. The number of aryl methyl sites for hydroxylation is 1. The maximum atomic E-state index is 5.71. The third-order valence-electron chi connectivity index (χ3n) is 5.29. The monoisotopic (exact) mass is 355 g/mol. The fourth-order valence-corrected chi connectivity index (χ4v) is 3.87. The van der Waals surface area contributed by atoms with Gasteiger partial charge in [0.15, 0.2) is 0 Å². The maximum Gasteiger partial charge on any atom is 0.122 e. The van der Waals surface area contributed by atoms with Crippen LogP contribution in [0.4, 0.5) is 0 Å². The van der Waals surface area contributed by atoms with Crippen LogP contribution < -0.4 is 15.2 Å². The van der Waals surface area contributed by atoms with Crippen molar-refractivity contribution in [2.24, 2.45) is 5.73 Å². The van der Waals surface area contributed by atoms with Crippen LogP contribution in [0.25, 0.3) is 0 Å². The Morgan fingerprint density at radius 2 is 1.46 bits per heavy atom. The third-order valence-corrected chi connectivity index (χ3v) is 5.29. The van der Waals surface area contributed by atoms with Crippen LogP contribution in [-0.4, -0.2) is 20.8 Å². The van der Waals surface area contributed by atoms with Crippen LogP contribution in [0.5, 0.6) is 11.5 Å². The highest BCUT2D eigenvalue weighted by atomic mass is 16.5. The predicted molar refractivity (Wildman–Crippen MR) is 109 cm³/mol. The van der Waals surface area contributed by atoms with E-state index in [1.165, 1.54) is 16.7 Å². The van der Waals surface area contributed by atoms with Gasteiger partial charge in [-0.05, 0) is 79.0 Å². The maximum absolute atomic E-state index is 5.71. The molecular weight excluding hydrogens is 322 g/mol. The summed E-state index contributed by atoms with van der Waals surface area (Å²) in [6.07, 6.45) is 4.15. The first-order valence-corrected chi connectivity index (χ1v) is 9.69. The normalized spacial score (nSPS) is 13.3. The predicted octanol–water partition coefficient (Wildman–Crippen LogP) is 5.28. The standard InChI is InChI=1S/C23H33NO2/c1-5-21(17-9-12-20(25-3)13-10-17)22(6-2)18-11-14-23(26-4)19(16-18)8-7-15-24/h9-14,16,21-22H,5-8,15,24H2,1-4H3. The minimum Gasteiger partial charge on any atom is -0.497 e. The highest BCUT2D eigenvalue weighted by Crippen LogP contribution is 2.39. The molecular formula is C23H33NO2. The van der Waals surface area contributed by atoms with Gasteiger partial charge in [-0.2, -0.15) is 0 Å². The first-order chi connectivity index (χ1) is 12.7. The molecule has 0 amide bonds. The molecule has 2 aromatic rings. The Morgan fingerprint density at radius 1 is 0.846 bits per heavy atom. The number of rotatable bonds is 10. The van der Waals surface area contributed by atoms with Gasteiger partial charge in [0, 0.05) is 0 Å². The summed E-state index contributed by atoms with van der Waals surface area (Å²) in [5, 5.41) is 0. The molecule has 3 heteroatoms. The summed E-state index contributed by atoms with van der Waals surface area (Å²) in [7, 11) is 3.45. The second kappa shape index (κ2) is 10.2. The Hall–Kier alpha value is -2.00. The number of methoxy groups -OCH3 is 2. The van der Waals surface area contributed by atoms with E-state index in [4.69, 9.17) is 15.2 Å². The smallest absolute Gasteiger partial charge is 0.122 e. The molecule has 0 aliphatic rings. The lowest BCUT2D eigenvalue weighted by atomic mass is 9.78. The van der Waals surface area contributed by atoms with Crippen LogP contribution in [0, 0.1) is 0 Å². The topological polar surface area (TPSA) is 44.5 Å². The molecule has 0 heterocycles. The summed E-state index contributed by atoms with van der Waals surface area (Å²) in [5.41, 5.74) is 9.74. The van der Waals surface area contributed by atoms with Crippen molar-refractivity contribution in [1.82, 2.24) is 0 Å². The summed E-state index contributed by atoms with van der Waals surface area (Å²) in [6.45, 7) is 5.26. The lowest BCUT2D eigenvalue weighted by Gasteiger charge is -2.27. The van der Waals surface area contributed by atoms with Gasteiger partial charge in [0.25, 0.3) is 0 Å². The molecule has 0 aromatic heterocycles. The van der Waals surface area contributed by atoms with E-state index < -0.39 is 0 Å². The zero-order valence-electron chi connectivity index (χ0n) is 16.6. The van der Waals surface area contributed by atoms with E-state index in [9.17, 15) is 0 Å². The Bertz CT molecular complexity index is 666. The number of hydrogen-bond acceptors (Lipinski definition) is 3. The molecule has 0 bridgehead atoms. The molecule has 0 spiro atoms. The lowest BCUT2D eigenvalue weighted by molar-refractivity contribution is 0.408. The molecule has 0 fully saturated rings. The van der Waals surface area contributed by atoms with Gasteiger partial charge in [-0.3, -0.25) is 0 Å². The zero-order chi connectivity index (χ0) is 18.9. The Labute approximate surface area is 158 Å². The van der Waals surface area contributed by atoms with Gasteiger partial charge in [-0.15, -0.1) is 0 Å². The van der Waals surface area contributed by atoms with E-state index in [1.54, 1.807) is 14.2 Å². The lowest BCUT2D eigenvalue weighted by Crippen LogP contribution is -2.11. The molecule has 0 radical (unpaired) electrons. The largest absolute Gasteiger partial charge is 0.497 e. The highest BCUT2D eigenvalue weighted by Gasteiger charge is 2.23. The molecule has 2 atom stereocenters. The van der Waals surface area contributed by atoms with E-state index in [0.29, 0.717) is 18.4 Å². The van der Waals surface area contributed by atoms with Crippen LogP contribution in [0.15, 0.2) is 42.5 Å². The van der Waals surface area contributed by atoms with Crippen LogP contribution in [-0.2, 0) is 6.42 Å². The number of benzene rings is 2.